The van der Waals surface area contributed by atoms with Crippen molar-refractivity contribution in [3.63, 3.8) is 0 Å². The fourth-order valence-corrected chi connectivity index (χ4v) is 3.33. The lowest BCUT2D eigenvalue weighted by molar-refractivity contribution is -0.144. The van der Waals surface area contributed by atoms with Gasteiger partial charge in [0.1, 0.15) is 5.82 Å². The summed E-state index contributed by atoms with van der Waals surface area (Å²) >= 11 is 0. The molecule has 1 aliphatic rings. The van der Waals surface area contributed by atoms with E-state index in [1.54, 1.807) is 43.3 Å². The number of pyridine rings is 1. The van der Waals surface area contributed by atoms with Crippen molar-refractivity contribution in [1.82, 2.24) is 19.9 Å². The Morgan fingerprint density at radius 2 is 1.97 bits per heavy atom. The Balaban J connectivity index is 1.64. The van der Waals surface area contributed by atoms with Crippen LogP contribution >= 0.6 is 0 Å². The molecule has 0 unspecified atom stereocenters. The molecule has 0 aliphatic heterocycles. The molecule has 0 aromatic carbocycles. The van der Waals surface area contributed by atoms with E-state index in [9.17, 15) is 14.4 Å². The smallest absolute Gasteiger partial charge is 0.307 e. The maximum atomic E-state index is 12.8. The first-order valence-corrected chi connectivity index (χ1v) is 10.4. The summed E-state index contributed by atoms with van der Waals surface area (Å²) in [5.74, 6) is 0.653. The average Bonchev–Trinajstić information content (AvgIpc) is 3.55. The summed E-state index contributed by atoms with van der Waals surface area (Å²) in [4.78, 5) is 50.1. The van der Waals surface area contributed by atoms with Gasteiger partial charge in [-0.05, 0) is 51.2 Å². The number of nitrogens with zero attached hydrogens (tertiary/aromatic N) is 3. The Labute approximate surface area is 175 Å². The van der Waals surface area contributed by atoms with E-state index in [4.69, 9.17) is 4.74 Å². The first kappa shape index (κ1) is 21.7. The third-order valence-corrected chi connectivity index (χ3v) is 5.18. The molecule has 160 valence electrons. The van der Waals surface area contributed by atoms with Crippen LogP contribution in [-0.2, 0) is 20.7 Å². The van der Waals surface area contributed by atoms with Crippen LogP contribution in [-0.4, -0.2) is 51.4 Å². The maximum Gasteiger partial charge on any atom is 0.307 e. The topological polar surface area (TPSA) is 105 Å². The van der Waals surface area contributed by atoms with Crippen molar-refractivity contribution in [2.75, 3.05) is 19.7 Å². The van der Waals surface area contributed by atoms with E-state index in [0.29, 0.717) is 49.1 Å². The number of ether oxygens (including phenoxy) is 1. The van der Waals surface area contributed by atoms with Gasteiger partial charge >= 0.3 is 5.97 Å². The number of esters is 1. The third-order valence-electron chi connectivity index (χ3n) is 5.18. The Morgan fingerprint density at radius 1 is 1.23 bits per heavy atom. The second kappa shape index (κ2) is 10.1. The minimum Gasteiger partial charge on any atom is -0.466 e. The van der Waals surface area contributed by atoms with Crippen LogP contribution in [0.5, 0.6) is 0 Å². The summed E-state index contributed by atoms with van der Waals surface area (Å²) in [6, 6.07) is 3.56. The molecule has 0 bridgehead atoms. The number of rotatable bonds is 10. The Morgan fingerprint density at radius 3 is 2.60 bits per heavy atom. The summed E-state index contributed by atoms with van der Waals surface area (Å²) in [6.45, 7) is 4.89. The molecule has 0 spiro atoms. The van der Waals surface area contributed by atoms with Gasteiger partial charge in [-0.1, -0.05) is 0 Å². The summed E-state index contributed by atoms with van der Waals surface area (Å²) in [7, 11) is 0. The number of hydrogen-bond donors (Lipinski definition) is 1. The van der Waals surface area contributed by atoms with Crippen molar-refractivity contribution in [1.29, 1.82) is 0 Å². The number of carbonyl (C=O) groups is 2. The molecule has 8 heteroatoms. The average molecular weight is 412 g/mol. The van der Waals surface area contributed by atoms with Crippen LogP contribution in [0.25, 0.3) is 11.4 Å². The molecule has 0 radical (unpaired) electrons. The van der Waals surface area contributed by atoms with Crippen LogP contribution in [0.4, 0.5) is 0 Å². The van der Waals surface area contributed by atoms with Crippen molar-refractivity contribution in [3.8, 4) is 11.4 Å². The molecule has 8 nitrogen and oxygen atoms in total. The lowest BCUT2D eigenvalue weighted by Crippen LogP contribution is -2.35. The van der Waals surface area contributed by atoms with E-state index in [1.807, 2.05) is 0 Å². The first-order valence-electron chi connectivity index (χ1n) is 10.4. The summed E-state index contributed by atoms with van der Waals surface area (Å²) in [6.07, 6.45) is 6.21. The van der Waals surface area contributed by atoms with Crippen LogP contribution in [0.1, 0.15) is 43.9 Å². The van der Waals surface area contributed by atoms with Gasteiger partial charge in [0.25, 0.3) is 5.56 Å². The molecule has 30 heavy (non-hydrogen) atoms. The van der Waals surface area contributed by atoms with Gasteiger partial charge in [0, 0.05) is 48.7 Å². The zero-order valence-electron chi connectivity index (χ0n) is 17.5. The van der Waals surface area contributed by atoms with E-state index in [1.165, 1.54) is 0 Å². The molecule has 1 fully saturated rings. The Kier molecular flexibility index (Phi) is 7.32. The van der Waals surface area contributed by atoms with Crippen LogP contribution in [0.15, 0.2) is 29.3 Å². The quantitative estimate of drug-likeness (QED) is 0.600. The number of aryl methyl sites for hydroxylation is 1. The van der Waals surface area contributed by atoms with Crippen molar-refractivity contribution >= 4 is 11.9 Å². The number of nitrogens with one attached hydrogen (secondary N) is 1. The zero-order valence-corrected chi connectivity index (χ0v) is 17.5. The van der Waals surface area contributed by atoms with Gasteiger partial charge in [0.15, 0.2) is 0 Å². The molecule has 2 aromatic rings. The second-order valence-corrected chi connectivity index (χ2v) is 7.55. The summed E-state index contributed by atoms with van der Waals surface area (Å²) in [5.41, 5.74) is 1.67. The normalized spacial score (nSPS) is 13.1. The van der Waals surface area contributed by atoms with E-state index in [-0.39, 0.29) is 30.3 Å². The van der Waals surface area contributed by atoms with Crippen LogP contribution in [0.3, 0.4) is 0 Å². The number of amides is 1. The largest absolute Gasteiger partial charge is 0.466 e. The highest BCUT2D eigenvalue weighted by Crippen LogP contribution is 2.30. The molecule has 0 atom stereocenters. The summed E-state index contributed by atoms with van der Waals surface area (Å²) < 4.78 is 4.97. The minimum absolute atomic E-state index is 0.0526. The Hall–Kier alpha value is -3.03. The van der Waals surface area contributed by atoms with Gasteiger partial charge in [0.05, 0.1) is 13.0 Å². The lowest BCUT2D eigenvalue weighted by atomic mass is 10.1. The van der Waals surface area contributed by atoms with E-state index < -0.39 is 0 Å². The molecular weight excluding hydrogens is 384 g/mol. The molecule has 0 saturated heterocycles. The van der Waals surface area contributed by atoms with E-state index in [0.717, 1.165) is 18.4 Å². The number of H-pyrrole nitrogens is 1. The standard InChI is InChI=1S/C22H28N4O4/c1-3-30-20(28)10-13-26(14-16-4-5-16)19(27)7-6-18-15(2)24-21(25-22(18)29)17-8-11-23-12-9-17/h8-9,11-12,16H,3-7,10,13-14H2,1-2H3,(H,24,25,29). The molecule has 1 saturated carbocycles. The number of aromatic nitrogens is 3. The molecule has 1 amide bonds. The third kappa shape index (κ3) is 5.98. The van der Waals surface area contributed by atoms with Gasteiger partial charge in [-0.15, -0.1) is 0 Å². The molecule has 2 aromatic heterocycles. The Bertz CT molecular complexity index is 938. The number of aromatic amines is 1. The van der Waals surface area contributed by atoms with Gasteiger partial charge < -0.3 is 14.6 Å². The number of carbonyl (C=O) groups excluding carboxylic acids is 2. The fraction of sp³-hybridized carbons (Fsp3) is 0.500. The molecule has 1 N–H and O–H groups in total. The van der Waals surface area contributed by atoms with Crippen molar-refractivity contribution < 1.29 is 14.3 Å². The van der Waals surface area contributed by atoms with E-state index in [2.05, 4.69) is 15.0 Å². The maximum absolute atomic E-state index is 12.8. The predicted octanol–water partition coefficient (Wildman–Crippen LogP) is 2.26. The van der Waals surface area contributed by atoms with Crippen molar-refractivity contribution in [3.05, 3.63) is 46.1 Å². The monoisotopic (exact) mass is 412 g/mol. The molecule has 1 aliphatic carbocycles. The SMILES string of the molecule is CCOC(=O)CCN(CC1CC1)C(=O)CCc1c(C)nc(-c2ccncc2)[nH]c1=O. The summed E-state index contributed by atoms with van der Waals surface area (Å²) in [5, 5.41) is 0. The highest BCUT2D eigenvalue weighted by Gasteiger charge is 2.27. The second-order valence-electron chi connectivity index (χ2n) is 7.55. The van der Waals surface area contributed by atoms with Crippen LogP contribution in [0, 0.1) is 12.8 Å². The van der Waals surface area contributed by atoms with Crippen molar-refractivity contribution in [2.24, 2.45) is 5.92 Å². The van der Waals surface area contributed by atoms with Gasteiger partial charge in [-0.2, -0.15) is 0 Å². The van der Waals surface area contributed by atoms with Crippen LogP contribution < -0.4 is 5.56 Å². The lowest BCUT2D eigenvalue weighted by Gasteiger charge is -2.22. The van der Waals surface area contributed by atoms with Gasteiger partial charge in [-0.3, -0.25) is 19.4 Å². The highest BCUT2D eigenvalue weighted by atomic mass is 16.5. The fourth-order valence-electron chi connectivity index (χ4n) is 3.33. The predicted molar refractivity (Wildman–Crippen MR) is 112 cm³/mol. The van der Waals surface area contributed by atoms with Crippen molar-refractivity contribution in [2.45, 2.75) is 46.0 Å². The molecule has 3 rings (SSSR count). The van der Waals surface area contributed by atoms with Crippen LogP contribution in [0.2, 0.25) is 0 Å². The number of hydrogen-bond acceptors (Lipinski definition) is 6. The molecule has 2 heterocycles. The highest BCUT2D eigenvalue weighted by molar-refractivity contribution is 5.77. The minimum atomic E-state index is -0.297. The molecular formula is C22H28N4O4. The van der Waals surface area contributed by atoms with Gasteiger partial charge in [0.2, 0.25) is 5.91 Å². The van der Waals surface area contributed by atoms with E-state index >= 15 is 0 Å². The first-order chi connectivity index (χ1) is 14.5. The van der Waals surface area contributed by atoms with Gasteiger partial charge in [-0.25, -0.2) is 4.98 Å². The zero-order chi connectivity index (χ0) is 21.5.